The predicted molar refractivity (Wildman–Crippen MR) is 144 cm³/mol. The highest BCUT2D eigenvalue weighted by molar-refractivity contribution is 7.95. The number of carbonyl (C=O) groups is 1. The van der Waals surface area contributed by atoms with Crippen LogP contribution < -0.4 is 11.1 Å². The number of benzene rings is 2. The van der Waals surface area contributed by atoms with Gasteiger partial charge in [-0.3, -0.25) is 0 Å². The van der Waals surface area contributed by atoms with Crippen molar-refractivity contribution < 1.29 is 39.5 Å². The summed E-state index contributed by atoms with van der Waals surface area (Å²) >= 11 is 0. The normalized spacial score (nSPS) is 24.0. The topological polar surface area (TPSA) is 136 Å². The zero-order valence-corrected chi connectivity index (χ0v) is 23.6. The molecule has 2 aromatic rings. The molecule has 0 saturated carbocycles. The first-order chi connectivity index (χ1) is 19.4. The Morgan fingerprint density at radius 1 is 1.07 bits per heavy atom. The summed E-state index contributed by atoms with van der Waals surface area (Å²) in [6.07, 6.45) is 2.65. The third-order valence-corrected chi connectivity index (χ3v) is 11.9. The van der Waals surface area contributed by atoms with Crippen molar-refractivity contribution in [1.29, 1.82) is 0 Å². The Labute approximate surface area is 236 Å². The minimum absolute atomic E-state index is 0.00376. The number of nitrogens with one attached hydrogen (secondary N) is 1. The minimum atomic E-state index is -3.76. The minimum Gasteiger partial charge on any atom is -0.444 e. The fraction of sp³-hybridized carbons (Fsp3) is 0.444. The van der Waals surface area contributed by atoms with Gasteiger partial charge in [-0.15, -0.1) is 0 Å². The third kappa shape index (κ3) is 6.01. The number of hydrogen-bond donors (Lipinski definition) is 2. The van der Waals surface area contributed by atoms with E-state index in [0.29, 0.717) is 37.3 Å². The highest BCUT2D eigenvalue weighted by Crippen LogP contribution is 2.42. The highest BCUT2D eigenvalue weighted by Gasteiger charge is 2.47. The Morgan fingerprint density at radius 2 is 1.73 bits per heavy atom. The van der Waals surface area contributed by atoms with Crippen LogP contribution in [0.1, 0.15) is 36.8 Å². The van der Waals surface area contributed by atoms with Crippen LogP contribution in [0.2, 0.25) is 0 Å². The summed E-state index contributed by atoms with van der Waals surface area (Å²) in [5, 5.41) is 2.37. The number of nitrogens with two attached hydrogens (primary N) is 1. The van der Waals surface area contributed by atoms with E-state index in [1.807, 2.05) is 0 Å². The SMILES string of the molecule is N[C@H](Cc1cc(F)c(F)cc1F)C1C[C@H]2CC[C@@H](C1)N2S(=O)(=O)CCNC(=O)OCC1=Cc2ccccc2S1(=O)=O. The van der Waals surface area contributed by atoms with E-state index >= 15 is 0 Å². The molecule has 0 radical (unpaired) electrons. The second kappa shape index (κ2) is 11.4. The number of nitrogens with zero attached hydrogens (tertiary/aromatic N) is 1. The van der Waals surface area contributed by atoms with Crippen LogP contribution in [0.15, 0.2) is 46.2 Å². The number of hydrogen-bond acceptors (Lipinski definition) is 7. The van der Waals surface area contributed by atoms with Gasteiger partial charge < -0.3 is 15.8 Å². The van der Waals surface area contributed by atoms with E-state index in [0.717, 1.165) is 6.07 Å². The lowest BCUT2D eigenvalue weighted by molar-refractivity contribution is 0.158. The van der Waals surface area contributed by atoms with Crippen molar-refractivity contribution in [3.05, 3.63) is 69.9 Å². The zero-order valence-electron chi connectivity index (χ0n) is 21.9. The molecule has 0 spiro atoms. The number of alkyl carbamates (subject to hydrolysis) is 1. The van der Waals surface area contributed by atoms with Crippen molar-refractivity contribution in [1.82, 2.24) is 9.62 Å². The molecule has 3 aliphatic rings. The van der Waals surface area contributed by atoms with Gasteiger partial charge in [-0.05, 0) is 67.4 Å². The van der Waals surface area contributed by atoms with Gasteiger partial charge in [-0.2, -0.15) is 4.31 Å². The number of rotatable bonds is 9. The number of sulfonamides is 1. The molecule has 1 unspecified atom stereocenters. The Hall–Kier alpha value is -2.94. The summed E-state index contributed by atoms with van der Waals surface area (Å²) < 4.78 is 99.0. The molecule has 3 heterocycles. The molecule has 5 rings (SSSR count). The molecule has 4 atom stereocenters. The summed E-state index contributed by atoms with van der Waals surface area (Å²) in [6.45, 7) is -0.719. The van der Waals surface area contributed by atoms with Crippen molar-refractivity contribution in [2.45, 2.75) is 55.1 Å². The van der Waals surface area contributed by atoms with Crippen LogP contribution in [-0.4, -0.2) is 64.3 Å². The highest BCUT2D eigenvalue weighted by atomic mass is 32.2. The maximum atomic E-state index is 14.1. The lowest BCUT2D eigenvalue weighted by atomic mass is 9.83. The molecule has 3 aliphatic heterocycles. The van der Waals surface area contributed by atoms with E-state index in [-0.39, 0.29) is 52.1 Å². The molecule has 14 heteroatoms. The summed E-state index contributed by atoms with van der Waals surface area (Å²) in [5.41, 5.74) is 6.80. The lowest BCUT2D eigenvalue weighted by Crippen LogP contribution is -2.51. The Bertz CT molecular complexity index is 1590. The molecule has 41 heavy (non-hydrogen) atoms. The first-order valence-corrected chi connectivity index (χ1v) is 16.3. The average molecular weight is 614 g/mol. The van der Waals surface area contributed by atoms with Gasteiger partial charge in [0, 0.05) is 30.7 Å². The van der Waals surface area contributed by atoms with E-state index in [2.05, 4.69) is 5.32 Å². The van der Waals surface area contributed by atoms with Crippen LogP contribution >= 0.6 is 0 Å². The number of amides is 1. The molecule has 0 aliphatic carbocycles. The van der Waals surface area contributed by atoms with E-state index in [9.17, 15) is 34.8 Å². The second-order valence-corrected chi connectivity index (χ2v) is 14.6. The first-order valence-electron chi connectivity index (χ1n) is 13.2. The van der Waals surface area contributed by atoms with Crippen LogP contribution in [0.5, 0.6) is 0 Å². The third-order valence-electron chi connectivity index (χ3n) is 8.02. The summed E-state index contributed by atoms with van der Waals surface area (Å²) in [5.74, 6) is -3.81. The van der Waals surface area contributed by atoms with Crippen molar-refractivity contribution >= 4 is 32.0 Å². The molecule has 9 nitrogen and oxygen atoms in total. The molecule has 2 saturated heterocycles. The van der Waals surface area contributed by atoms with Crippen molar-refractivity contribution in [3.8, 4) is 0 Å². The van der Waals surface area contributed by atoms with E-state index in [4.69, 9.17) is 10.5 Å². The van der Waals surface area contributed by atoms with Gasteiger partial charge in [0.05, 0.1) is 15.6 Å². The Balaban J connectivity index is 1.11. The van der Waals surface area contributed by atoms with Crippen LogP contribution in [0.25, 0.3) is 6.08 Å². The van der Waals surface area contributed by atoms with Gasteiger partial charge in [0.25, 0.3) is 0 Å². The average Bonchev–Trinajstić information content (AvgIpc) is 3.35. The smallest absolute Gasteiger partial charge is 0.407 e. The van der Waals surface area contributed by atoms with Crippen molar-refractivity contribution in [3.63, 3.8) is 0 Å². The van der Waals surface area contributed by atoms with Gasteiger partial charge in [0.1, 0.15) is 12.4 Å². The lowest BCUT2D eigenvalue weighted by Gasteiger charge is -2.40. The molecular weight excluding hydrogens is 583 g/mol. The Kier molecular flexibility index (Phi) is 8.21. The maximum absolute atomic E-state index is 14.1. The monoisotopic (exact) mass is 613 g/mol. The first kappa shape index (κ1) is 29.5. The number of carbonyl (C=O) groups excluding carboxylic acids is 1. The number of piperidine rings is 1. The zero-order chi connectivity index (χ0) is 29.5. The van der Waals surface area contributed by atoms with E-state index in [1.54, 1.807) is 18.2 Å². The van der Waals surface area contributed by atoms with Crippen LogP contribution in [0.3, 0.4) is 0 Å². The van der Waals surface area contributed by atoms with Gasteiger partial charge in [0.2, 0.25) is 19.9 Å². The summed E-state index contributed by atoms with van der Waals surface area (Å²) in [6, 6.07) is 6.52. The molecule has 2 fully saturated rings. The molecule has 2 aromatic carbocycles. The predicted octanol–water partition coefficient (Wildman–Crippen LogP) is 3.10. The van der Waals surface area contributed by atoms with E-state index in [1.165, 1.54) is 16.4 Å². The molecule has 222 valence electrons. The van der Waals surface area contributed by atoms with Gasteiger partial charge in [-0.1, -0.05) is 18.2 Å². The molecule has 2 bridgehead atoms. The molecule has 3 N–H and O–H groups in total. The van der Waals surface area contributed by atoms with Crippen molar-refractivity contribution in [2.24, 2.45) is 11.7 Å². The fourth-order valence-electron chi connectivity index (χ4n) is 6.05. The van der Waals surface area contributed by atoms with Crippen LogP contribution in [-0.2, 0) is 31.0 Å². The number of halogens is 3. The number of sulfone groups is 1. The van der Waals surface area contributed by atoms with Crippen LogP contribution in [0, 0.1) is 23.4 Å². The van der Waals surface area contributed by atoms with Gasteiger partial charge in [-0.25, -0.2) is 34.8 Å². The molecular formula is C27H30F3N3O6S2. The quantitative estimate of drug-likeness (QED) is 0.415. The fourth-order valence-corrected chi connectivity index (χ4v) is 9.39. The van der Waals surface area contributed by atoms with Crippen LogP contribution in [0.4, 0.5) is 18.0 Å². The van der Waals surface area contributed by atoms with Crippen molar-refractivity contribution in [2.75, 3.05) is 18.9 Å². The Morgan fingerprint density at radius 3 is 2.41 bits per heavy atom. The summed E-state index contributed by atoms with van der Waals surface area (Å²) in [7, 11) is -7.51. The van der Waals surface area contributed by atoms with Gasteiger partial charge >= 0.3 is 6.09 Å². The largest absolute Gasteiger partial charge is 0.444 e. The molecule has 0 aromatic heterocycles. The second-order valence-electron chi connectivity index (χ2n) is 10.6. The summed E-state index contributed by atoms with van der Waals surface area (Å²) in [4.78, 5) is 12.2. The van der Waals surface area contributed by atoms with E-state index < -0.39 is 56.1 Å². The standard InChI is InChI=1S/C27H30F3N3O6S2/c28-22-14-24(30)23(29)12-17(22)13-25(31)18-9-19-5-6-20(10-18)33(19)40(35,36)8-7-32-27(34)39-15-21-11-16-3-1-2-4-26(16)41(21,37)38/h1-4,11-12,14,18-20,25H,5-10,13,15,31H2,(H,32,34)/t18?,19-,20+,25-/m1/s1. The maximum Gasteiger partial charge on any atom is 0.407 e. The molecule has 1 amide bonds. The number of fused-ring (bicyclic) bond motifs is 3. The van der Waals surface area contributed by atoms with Gasteiger partial charge in [0.15, 0.2) is 11.6 Å². The number of ether oxygens (including phenoxy) is 1.